The summed E-state index contributed by atoms with van der Waals surface area (Å²) < 4.78 is 43.7. The van der Waals surface area contributed by atoms with Crippen LogP contribution in [-0.4, -0.2) is 26.7 Å². The van der Waals surface area contributed by atoms with Crippen LogP contribution in [-0.2, 0) is 6.54 Å². The quantitative estimate of drug-likeness (QED) is 0.413. The fourth-order valence-electron chi connectivity index (χ4n) is 4.44. The van der Waals surface area contributed by atoms with Gasteiger partial charge in [-0.3, -0.25) is 9.59 Å². The molecule has 3 heterocycles. The molecule has 1 unspecified atom stereocenters. The van der Waals surface area contributed by atoms with Crippen LogP contribution in [0.1, 0.15) is 55.4 Å². The van der Waals surface area contributed by atoms with Crippen LogP contribution in [0.15, 0.2) is 48.8 Å². The van der Waals surface area contributed by atoms with E-state index in [1.165, 1.54) is 17.2 Å². The van der Waals surface area contributed by atoms with Crippen molar-refractivity contribution in [1.82, 2.24) is 14.9 Å². The number of hydrogen-bond acceptors (Lipinski definition) is 3. The molecule has 0 aliphatic carbocycles. The van der Waals surface area contributed by atoms with Gasteiger partial charge in [0.25, 0.3) is 11.8 Å². The number of fused-ring (bicyclic) bond motifs is 2. The molecule has 1 aliphatic rings. The number of terminal acetylenes is 1. The van der Waals surface area contributed by atoms with E-state index in [0.29, 0.717) is 16.6 Å². The Hall–Kier alpha value is -5.02. The average molecular weight is 498 g/mol. The van der Waals surface area contributed by atoms with Gasteiger partial charge in [0.1, 0.15) is 23.1 Å². The Morgan fingerprint density at radius 1 is 1.19 bits per heavy atom. The summed E-state index contributed by atoms with van der Waals surface area (Å²) in [6, 6.07) is 6.03. The summed E-state index contributed by atoms with van der Waals surface area (Å²) in [5.74, 6) is 4.61. The van der Waals surface area contributed by atoms with Gasteiger partial charge in [-0.15, -0.1) is 6.42 Å². The van der Waals surface area contributed by atoms with Crippen molar-refractivity contribution < 1.29 is 22.8 Å². The number of amides is 2. The zero-order valence-corrected chi connectivity index (χ0v) is 19.1. The van der Waals surface area contributed by atoms with Crippen LogP contribution in [0.4, 0.5) is 13.2 Å². The van der Waals surface area contributed by atoms with E-state index in [2.05, 4.69) is 27.7 Å². The largest absolute Gasteiger partial charge is 0.366 e. The number of aromatic nitrogens is 2. The summed E-state index contributed by atoms with van der Waals surface area (Å²) in [5.41, 5.74) is 6.59. The summed E-state index contributed by atoms with van der Waals surface area (Å²) in [7, 11) is 0. The van der Waals surface area contributed by atoms with Crippen molar-refractivity contribution in [3.8, 4) is 24.2 Å². The summed E-state index contributed by atoms with van der Waals surface area (Å²) in [6.07, 6.45) is 8.13. The minimum atomic E-state index is -1.07. The highest BCUT2D eigenvalue weighted by atomic mass is 19.1. The average Bonchev–Trinajstić information content (AvgIpc) is 3.48. The lowest BCUT2D eigenvalue weighted by Gasteiger charge is -2.27. The highest BCUT2D eigenvalue weighted by molar-refractivity contribution is 6.01. The Kier molecular flexibility index (Phi) is 5.90. The topological polar surface area (TPSA) is 92.1 Å². The van der Waals surface area contributed by atoms with Crippen LogP contribution in [0.25, 0.3) is 11.0 Å². The van der Waals surface area contributed by atoms with E-state index in [1.54, 1.807) is 12.3 Å². The van der Waals surface area contributed by atoms with E-state index in [-0.39, 0.29) is 40.8 Å². The predicted molar refractivity (Wildman–Crippen MR) is 129 cm³/mol. The van der Waals surface area contributed by atoms with Crippen LogP contribution < -0.4 is 5.73 Å². The van der Waals surface area contributed by atoms with Crippen LogP contribution in [0, 0.1) is 41.6 Å². The lowest BCUT2D eigenvalue weighted by Crippen LogP contribution is -2.30. The smallest absolute Gasteiger partial charge is 0.255 e. The number of hydrogen-bond donors (Lipinski definition) is 2. The molecule has 0 saturated carbocycles. The Labute approximate surface area is 209 Å². The van der Waals surface area contributed by atoms with Crippen molar-refractivity contribution in [2.75, 3.05) is 0 Å². The number of halogens is 3. The fraction of sp³-hybridized carbons (Fsp3) is 0.107. The number of H-pyrrole nitrogens is 1. The normalized spacial score (nSPS) is 13.1. The molecule has 0 saturated heterocycles. The number of carbonyl (C=O) groups is 2. The molecule has 9 heteroatoms. The van der Waals surface area contributed by atoms with E-state index in [1.807, 2.05) is 0 Å². The van der Waals surface area contributed by atoms with Crippen LogP contribution in [0.2, 0.25) is 0 Å². The zero-order chi connectivity index (χ0) is 26.3. The first-order valence-electron chi connectivity index (χ1n) is 11.1. The molecule has 1 aliphatic heterocycles. The molecule has 2 aromatic heterocycles. The van der Waals surface area contributed by atoms with Crippen LogP contribution in [0.5, 0.6) is 0 Å². The second-order valence-corrected chi connectivity index (χ2v) is 8.40. The molecule has 2 aromatic carbocycles. The summed E-state index contributed by atoms with van der Waals surface area (Å²) in [6.45, 7) is -0.184. The number of carbonyl (C=O) groups excluding carboxylic acids is 2. The van der Waals surface area contributed by atoms with E-state index in [0.717, 1.165) is 24.3 Å². The minimum absolute atomic E-state index is 0.0573. The highest BCUT2D eigenvalue weighted by Crippen LogP contribution is 2.36. The molecule has 4 aromatic rings. The standard InChI is InChI=1S/C28H17F3N4O2/c1-2-15-10-19-22(24(31)11-15)14-35(28(19)37)25(20-12-16(29)6-7-23(20)30)5-3-4-17-18-8-9-33-27(18)34-13-21(17)26(32)36/h1,6-13,25H,5,14H2,(H2,32,36)(H,33,34). The fourth-order valence-corrected chi connectivity index (χ4v) is 4.44. The van der Waals surface area contributed by atoms with Gasteiger partial charge < -0.3 is 15.6 Å². The number of rotatable bonds is 4. The van der Waals surface area contributed by atoms with Gasteiger partial charge in [-0.2, -0.15) is 0 Å². The molecular formula is C28H17F3N4O2. The van der Waals surface area contributed by atoms with Crippen LogP contribution in [0.3, 0.4) is 0 Å². The van der Waals surface area contributed by atoms with E-state index >= 15 is 0 Å². The van der Waals surface area contributed by atoms with E-state index in [4.69, 9.17) is 12.2 Å². The number of pyridine rings is 1. The third-order valence-corrected chi connectivity index (χ3v) is 6.24. The van der Waals surface area contributed by atoms with Gasteiger partial charge in [-0.1, -0.05) is 17.8 Å². The Bertz CT molecular complexity index is 1710. The van der Waals surface area contributed by atoms with Crippen molar-refractivity contribution >= 4 is 22.8 Å². The third-order valence-electron chi connectivity index (χ3n) is 6.24. The minimum Gasteiger partial charge on any atom is -0.366 e. The first-order valence-corrected chi connectivity index (χ1v) is 11.1. The predicted octanol–water partition coefficient (Wildman–Crippen LogP) is 4.20. The van der Waals surface area contributed by atoms with E-state index < -0.39 is 35.3 Å². The van der Waals surface area contributed by atoms with Gasteiger partial charge in [0.05, 0.1) is 18.2 Å². The van der Waals surface area contributed by atoms with E-state index in [9.17, 15) is 22.8 Å². The Morgan fingerprint density at radius 2 is 2.00 bits per heavy atom. The van der Waals surface area contributed by atoms with Crippen molar-refractivity contribution in [2.24, 2.45) is 5.73 Å². The molecule has 1 atom stereocenters. The van der Waals surface area contributed by atoms with Gasteiger partial charge >= 0.3 is 0 Å². The van der Waals surface area contributed by atoms with Gasteiger partial charge in [-0.05, 0) is 36.4 Å². The van der Waals surface area contributed by atoms with Gasteiger partial charge in [-0.25, -0.2) is 18.2 Å². The summed E-state index contributed by atoms with van der Waals surface area (Å²) >= 11 is 0. The maximum absolute atomic E-state index is 14.9. The number of primary amides is 1. The second kappa shape index (κ2) is 9.21. The maximum Gasteiger partial charge on any atom is 0.255 e. The monoisotopic (exact) mass is 498 g/mol. The molecule has 0 radical (unpaired) electrons. The second-order valence-electron chi connectivity index (χ2n) is 8.40. The third kappa shape index (κ3) is 4.17. The molecule has 6 nitrogen and oxygen atoms in total. The number of nitrogens with zero attached hydrogens (tertiary/aromatic N) is 2. The van der Waals surface area contributed by atoms with Crippen molar-refractivity contribution in [2.45, 2.75) is 19.0 Å². The lowest BCUT2D eigenvalue weighted by molar-refractivity contribution is 0.0700. The Balaban J connectivity index is 1.58. The molecule has 0 fully saturated rings. The molecule has 0 bridgehead atoms. The van der Waals surface area contributed by atoms with Gasteiger partial charge in [0, 0.05) is 52.0 Å². The number of aromatic amines is 1. The number of nitrogens with two attached hydrogens (primary N) is 1. The molecule has 37 heavy (non-hydrogen) atoms. The first kappa shape index (κ1) is 23.7. The van der Waals surface area contributed by atoms with Crippen molar-refractivity contribution in [3.63, 3.8) is 0 Å². The maximum atomic E-state index is 14.9. The number of benzene rings is 2. The lowest BCUT2D eigenvalue weighted by atomic mass is 10.00. The molecule has 3 N–H and O–H groups in total. The van der Waals surface area contributed by atoms with Crippen molar-refractivity contribution in [1.29, 1.82) is 0 Å². The van der Waals surface area contributed by atoms with Gasteiger partial charge in [0.15, 0.2) is 0 Å². The summed E-state index contributed by atoms with van der Waals surface area (Å²) in [5, 5.41) is 0.547. The Morgan fingerprint density at radius 3 is 2.76 bits per heavy atom. The molecule has 2 amide bonds. The highest BCUT2D eigenvalue weighted by Gasteiger charge is 2.36. The molecule has 5 rings (SSSR count). The van der Waals surface area contributed by atoms with Crippen molar-refractivity contribution in [3.05, 3.63) is 99.6 Å². The zero-order valence-electron chi connectivity index (χ0n) is 19.1. The molecule has 182 valence electrons. The SMILES string of the molecule is C#Cc1cc(F)c2c(c1)C(=O)N(C(CC#Cc1c(C(N)=O)cnc3[nH]ccc13)c1cc(F)ccc1F)C2. The summed E-state index contributed by atoms with van der Waals surface area (Å²) in [4.78, 5) is 33.5. The van der Waals surface area contributed by atoms with Gasteiger partial charge in [0.2, 0.25) is 0 Å². The molecular weight excluding hydrogens is 481 g/mol. The first-order chi connectivity index (χ1) is 17.8. The molecule has 0 spiro atoms. The van der Waals surface area contributed by atoms with Crippen LogP contribution >= 0.6 is 0 Å². The number of nitrogens with one attached hydrogen (secondary N) is 1.